The normalized spacial score (nSPS) is 17.1. The standard InChI is InChI=1S/C24H22F2N6O3/c1-24(2)13-31(12-15(24)23(33)34)22-17(26)10-27-21(28-22)19-9-20(18-7-8-35-30-18)32(29-19)11-14-5-3-4-6-16(14)25/h3-10,15H,11-13H2,1-2H3,(H,33,34). The van der Waals surface area contributed by atoms with Crippen molar-refractivity contribution in [2.45, 2.75) is 20.4 Å². The molecule has 0 bridgehead atoms. The van der Waals surface area contributed by atoms with Crippen LogP contribution < -0.4 is 4.90 Å². The van der Waals surface area contributed by atoms with Crippen LogP contribution in [0.4, 0.5) is 14.6 Å². The summed E-state index contributed by atoms with van der Waals surface area (Å²) >= 11 is 0. The van der Waals surface area contributed by atoms with Crippen LogP contribution in [0.2, 0.25) is 0 Å². The number of hydrogen-bond acceptors (Lipinski definition) is 7. The minimum atomic E-state index is -0.934. The summed E-state index contributed by atoms with van der Waals surface area (Å²) in [7, 11) is 0. The first-order chi connectivity index (χ1) is 16.7. The average Bonchev–Trinajstić information content (AvgIpc) is 3.54. The Bertz CT molecular complexity index is 1390. The fourth-order valence-corrected chi connectivity index (χ4v) is 4.40. The van der Waals surface area contributed by atoms with Gasteiger partial charge in [-0.1, -0.05) is 37.2 Å². The van der Waals surface area contributed by atoms with E-state index >= 15 is 0 Å². The first-order valence-corrected chi connectivity index (χ1v) is 11.0. The van der Waals surface area contributed by atoms with E-state index in [9.17, 15) is 18.7 Å². The number of rotatable bonds is 6. The second-order valence-corrected chi connectivity index (χ2v) is 9.17. The number of carboxylic acids is 1. The van der Waals surface area contributed by atoms with Crippen LogP contribution in [0.25, 0.3) is 22.9 Å². The van der Waals surface area contributed by atoms with Crippen LogP contribution in [-0.4, -0.2) is 49.1 Å². The maximum atomic E-state index is 14.8. The van der Waals surface area contributed by atoms with E-state index in [1.807, 2.05) is 13.8 Å². The Kier molecular flexibility index (Phi) is 5.54. The Morgan fingerprint density at radius 2 is 2.00 bits per heavy atom. The van der Waals surface area contributed by atoms with Gasteiger partial charge in [0.15, 0.2) is 17.5 Å². The van der Waals surface area contributed by atoms with Crippen molar-refractivity contribution in [3.8, 4) is 22.9 Å². The fourth-order valence-electron chi connectivity index (χ4n) is 4.40. The second-order valence-electron chi connectivity index (χ2n) is 9.17. The maximum Gasteiger partial charge on any atom is 0.308 e. The number of aromatic nitrogens is 5. The molecule has 3 aromatic heterocycles. The van der Waals surface area contributed by atoms with Gasteiger partial charge in [0, 0.05) is 24.7 Å². The lowest BCUT2D eigenvalue weighted by Crippen LogP contribution is -2.28. The van der Waals surface area contributed by atoms with Crippen molar-refractivity contribution in [2.24, 2.45) is 11.3 Å². The molecule has 35 heavy (non-hydrogen) atoms. The molecule has 11 heteroatoms. The number of carbonyl (C=O) groups is 1. The van der Waals surface area contributed by atoms with Gasteiger partial charge in [-0.05, 0) is 17.5 Å². The van der Waals surface area contributed by atoms with Gasteiger partial charge in [0.05, 0.1) is 24.4 Å². The molecule has 9 nitrogen and oxygen atoms in total. The monoisotopic (exact) mass is 480 g/mol. The zero-order valence-electron chi connectivity index (χ0n) is 19.0. The summed E-state index contributed by atoms with van der Waals surface area (Å²) in [4.78, 5) is 21.8. The van der Waals surface area contributed by atoms with Crippen molar-refractivity contribution in [3.05, 3.63) is 66.1 Å². The molecule has 0 saturated carbocycles. The summed E-state index contributed by atoms with van der Waals surface area (Å²) < 4.78 is 35.6. The van der Waals surface area contributed by atoms with E-state index in [0.29, 0.717) is 29.2 Å². The predicted molar refractivity (Wildman–Crippen MR) is 121 cm³/mol. The summed E-state index contributed by atoms with van der Waals surface area (Å²) in [6.07, 6.45) is 2.46. The molecule has 1 N–H and O–H groups in total. The molecule has 0 spiro atoms. The maximum absolute atomic E-state index is 14.8. The largest absolute Gasteiger partial charge is 0.481 e. The van der Waals surface area contributed by atoms with E-state index in [2.05, 4.69) is 20.2 Å². The summed E-state index contributed by atoms with van der Waals surface area (Å²) in [5, 5.41) is 18.1. The summed E-state index contributed by atoms with van der Waals surface area (Å²) in [6.45, 7) is 4.23. The molecule has 5 rings (SSSR count). The summed E-state index contributed by atoms with van der Waals surface area (Å²) in [5.74, 6) is -2.47. The van der Waals surface area contributed by atoms with E-state index in [1.54, 1.807) is 39.9 Å². The van der Waals surface area contributed by atoms with Crippen LogP contribution >= 0.6 is 0 Å². The highest BCUT2D eigenvalue weighted by atomic mass is 19.1. The topological polar surface area (TPSA) is 110 Å². The van der Waals surface area contributed by atoms with Gasteiger partial charge in [0.25, 0.3) is 0 Å². The minimum absolute atomic E-state index is 0.0125. The lowest BCUT2D eigenvalue weighted by Gasteiger charge is -2.22. The molecule has 0 aliphatic carbocycles. The number of hydrogen-bond donors (Lipinski definition) is 1. The van der Waals surface area contributed by atoms with Crippen molar-refractivity contribution < 1.29 is 23.2 Å². The van der Waals surface area contributed by atoms with Gasteiger partial charge in [0.2, 0.25) is 0 Å². The molecule has 1 aromatic carbocycles. The molecule has 4 aromatic rings. The Balaban J connectivity index is 1.53. The van der Waals surface area contributed by atoms with E-state index < -0.39 is 23.1 Å². The van der Waals surface area contributed by atoms with E-state index in [4.69, 9.17) is 4.52 Å². The lowest BCUT2D eigenvalue weighted by atomic mass is 9.82. The molecule has 1 aliphatic rings. The Labute approximate surface area is 199 Å². The molecule has 0 amide bonds. The van der Waals surface area contributed by atoms with Crippen LogP contribution in [0, 0.1) is 23.0 Å². The van der Waals surface area contributed by atoms with Crippen LogP contribution in [0.15, 0.2) is 53.4 Å². The van der Waals surface area contributed by atoms with E-state index in [-0.39, 0.29) is 30.5 Å². The molecule has 180 valence electrons. The van der Waals surface area contributed by atoms with Crippen LogP contribution in [0.3, 0.4) is 0 Å². The third kappa shape index (κ3) is 4.25. The first kappa shape index (κ1) is 22.6. The molecular weight excluding hydrogens is 458 g/mol. The molecule has 1 aliphatic heterocycles. The van der Waals surface area contributed by atoms with E-state index in [1.165, 1.54) is 12.3 Å². The highest BCUT2D eigenvalue weighted by molar-refractivity contribution is 5.73. The number of benzene rings is 1. The van der Waals surface area contributed by atoms with Crippen molar-refractivity contribution in [3.63, 3.8) is 0 Å². The number of anilines is 1. The molecule has 0 radical (unpaired) electrons. The molecule has 1 unspecified atom stereocenters. The SMILES string of the molecule is CC1(C)CN(c2nc(-c3cc(-c4ccon4)n(Cc4ccccc4F)n3)ncc2F)CC1C(=O)O. The molecule has 1 fully saturated rings. The fraction of sp³-hybridized carbons (Fsp3) is 0.292. The number of halogens is 2. The van der Waals surface area contributed by atoms with E-state index in [0.717, 1.165) is 6.20 Å². The number of carboxylic acid groups (broad SMARTS) is 1. The van der Waals surface area contributed by atoms with Crippen molar-refractivity contribution >= 4 is 11.8 Å². The highest BCUT2D eigenvalue weighted by Crippen LogP contribution is 2.38. The second kappa shape index (κ2) is 8.57. The molecule has 4 heterocycles. The van der Waals surface area contributed by atoms with Crippen LogP contribution in [0.5, 0.6) is 0 Å². The Morgan fingerprint density at radius 3 is 2.69 bits per heavy atom. The lowest BCUT2D eigenvalue weighted by molar-refractivity contribution is -0.143. The van der Waals surface area contributed by atoms with Crippen LogP contribution in [-0.2, 0) is 11.3 Å². The summed E-state index contributed by atoms with van der Waals surface area (Å²) in [5.41, 5.74) is 1.21. The molecule has 1 atom stereocenters. The summed E-state index contributed by atoms with van der Waals surface area (Å²) in [6, 6.07) is 9.68. The highest BCUT2D eigenvalue weighted by Gasteiger charge is 2.45. The van der Waals surface area contributed by atoms with Gasteiger partial charge in [0.1, 0.15) is 23.5 Å². The predicted octanol–water partition coefficient (Wildman–Crippen LogP) is 3.87. The van der Waals surface area contributed by atoms with Gasteiger partial charge < -0.3 is 14.5 Å². The van der Waals surface area contributed by atoms with Gasteiger partial charge in [-0.2, -0.15) is 5.10 Å². The van der Waals surface area contributed by atoms with Crippen molar-refractivity contribution in [1.29, 1.82) is 0 Å². The van der Waals surface area contributed by atoms with Gasteiger partial charge >= 0.3 is 5.97 Å². The molecular formula is C24H22F2N6O3. The van der Waals surface area contributed by atoms with Crippen molar-refractivity contribution in [1.82, 2.24) is 24.9 Å². The third-order valence-corrected chi connectivity index (χ3v) is 6.26. The first-order valence-electron chi connectivity index (χ1n) is 11.0. The zero-order chi connectivity index (χ0) is 24.7. The Hall–Kier alpha value is -4.15. The van der Waals surface area contributed by atoms with Gasteiger partial charge in [-0.3, -0.25) is 9.48 Å². The van der Waals surface area contributed by atoms with Crippen molar-refractivity contribution in [2.75, 3.05) is 18.0 Å². The smallest absolute Gasteiger partial charge is 0.308 e. The third-order valence-electron chi connectivity index (χ3n) is 6.26. The van der Waals surface area contributed by atoms with Gasteiger partial charge in [-0.25, -0.2) is 18.7 Å². The van der Waals surface area contributed by atoms with Gasteiger partial charge in [-0.15, -0.1) is 0 Å². The number of nitrogens with zero attached hydrogens (tertiary/aromatic N) is 6. The van der Waals surface area contributed by atoms with Crippen LogP contribution in [0.1, 0.15) is 19.4 Å². The molecule has 1 saturated heterocycles. The quantitative estimate of drug-likeness (QED) is 0.443. The average molecular weight is 480 g/mol. The Morgan fingerprint density at radius 1 is 1.20 bits per heavy atom. The minimum Gasteiger partial charge on any atom is -0.481 e. The zero-order valence-corrected chi connectivity index (χ0v) is 19.0. The number of aliphatic carboxylic acids is 1.